The second-order valence-corrected chi connectivity index (χ2v) is 2.14. The number of allylic oxidation sites excluding steroid dienone is 1. The molecule has 0 saturated heterocycles. The van der Waals surface area contributed by atoms with Crippen molar-refractivity contribution in [3.05, 3.63) is 24.3 Å². The maximum atomic E-state index is 3.97. The van der Waals surface area contributed by atoms with Crippen molar-refractivity contribution in [2.24, 2.45) is 4.99 Å². The van der Waals surface area contributed by atoms with Crippen molar-refractivity contribution in [1.29, 1.82) is 0 Å². The summed E-state index contributed by atoms with van der Waals surface area (Å²) in [6, 6.07) is 0. The Hall–Kier alpha value is -1.29. The summed E-state index contributed by atoms with van der Waals surface area (Å²) in [5.74, 6) is 0. The fraction of sp³-hybridized carbons (Fsp3) is 0.167. The summed E-state index contributed by atoms with van der Waals surface area (Å²) < 4.78 is 0. The Labute approximate surface area is 59.1 Å². The molecule has 0 atom stereocenters. The average molecular weight is 136 g/mol. The van der Waals surface area contributed by atoms with Gasteiger partial charge < -0.3 is 5.43 Å². The molecule has 4 heteroatoms. The van der Waals surface area contributed by atoms with Crippen molar-refractivity contribution >= 4 is 6.21 Å². The van der Waals surface area contributed by atoms with Gasteiger partial charge in [0, 0.05) is 25.6 Å². The van der Waals surface area contributed by atoms with Crippen molar-refractivity contribution in [3.8, 4) is 0 Å². The number of hydrazine groups is 2. The molecule has 2 aliphatic rings. The lowest BCUT2D eigenvalue weighted by Gasteiger charge is -2.23. The summed E-state index contributed by atoms with van der Waals surface area (Å²) in [5, 5.41) is 3.84. The zero-order valence-corrected chi connectivity index (χ0v) is 5.65. The average Bonchev–Trinajstić information content (AvgIpc) is 2.34. The molecule has 52 valence electrons. The van der Waals surface area contributed by atoms with E-state index >= 15 is 0 Å². The Kier molecular flexibility index (Phi) is 1.01. The molecule has 0 radical (unpaired) electrons. The van der Waals surface area contributed by atoms with Crippen LogP contribution in [0.3, 0.4) is 0 Å². The molecular formula is C6H8N4. The number of rotatable bonds is 0. The normalized spacial score (nSPS) is 22.5. The molecule has 0 bridgehead atoms. The summed E-state index contributed by atoms with van der Waals surface area (Å²) in [7, 11) is 1.94. The number of fused-ring (bicyclic) bond motifs is 1. The first-order valence-corrected chi connectivity index (χ1v) is 3.07. The first-order chi connectivity index (χ1) is 4.88. The van der Waals surface area contributed by atoms with Crippen LogP contribution in [0, 0.1) is 0 Å². The fourth-order valence-corrected chi connectivity index (χ4v) is 0.965. The number of aliphatic imine (C=N–C) groups is 1. The third kappa shape index (κ3) is 0.625. The number of nitrogens with one attached hydrogen (secondary N) is 1. The molecule has 4 nitrogen and oxygen atoms in total. The highest BCUT2D eigenvalue weighted by molar-refractivity contribution is 5.79. The zero-order chi connectivity index (χ0) is 6.97. The lowest BCUT2D eigenvalue weighted by Crippen LogP contribution is -2.36. The van der Waals surface area contributed by atoms with E-state index in [1.54, 1.807) is 12.4 Å². The van der Waals surface area contributed by atoms with Crippen molar-refractivity contribution in [2.75, 3.05) is 7.05 Å². The number of hydrogen-bond donors (Lipinski definition) is 1. The minimum Gasteiger partial charge on any atom is -0.306 e. The monoisotopic (exact) mass is 136 g/mol. The van der Waals surface area contributed by atoms with Gasteiger partial charge in [0.25, 0.3) is 0 Å². The molecule has 0 aromatic carbocycles. The van der Waals surface area contributed by atoms with E-state index in [4.69, 9.17) is 0 Å². The molecule has 10 heavy (non-hydrogen) atoms. The third-order valence-electron chi connectivity index (χ3n) is 1.49. The maximum Gasteiger partial charge on any atom is 0.0945 e. The molecule has 0 amide bonds. The molecule has 0 fully saturated rings. The quantitative estimate of drug-likeness (QED) is 0.510. The highest BCUT2D eigenvalue weighted by Crippen LogP contribution is 2.12. The summed E-state index contributed by atoms with van der Waals surface area (Å²) >= 11 is 0. The van der Waals surface area contributed by atoms with Gasteiger partial charge in [0.15, 0.2) is 0 Å². The van der Waals surface area contributed by atoms with Crippen LogP contribution in [0.1, 0.15) is 0 Å². The highest BCUT2D eigenvalue weighted by atomic mass is 15.8. The maximum absolute atomic E-state index is 3.97. The topological polar surface area (TPSA) is 30.9 Å². The van der Waals surface area contributed by atoms with Crippen LogP contribution in [0.15, 0.2) is 29.3 Å². The van der Waals surface area contributed by atoms with E-state index in [0.717, 1.165) is 5.70 Å². The molecule has 1 N–H and O–H groups in total. The van der Waals surface area contributed by atoms with Gasteiger partial charge in [-0.3, -0.25) is 10.0 Å². The Bertz CT molecular complexity index is 228. The summed E-state index contributed by atoms with van der Waals surface area (Å²) in [6.45, 7) is 0. The molecule has 0 spiro atoms. The summed E-state index contributed by atoms with van der Waals surface area (Å²) in [4.78, 5) is 3.97. The minimum atomic E-state index is 1.06. The minimum absolute atomic E-state index is 1.06. The van der Waals surface area contributed by atoms with Gasteiger partial charge in [0.2, 0.25) is 0 Å². The van der Waals surface area contributed by atoms with E-state index < -0.39 is 0 Å². The number of hydrogen-bond acceptors (Lipinski definition) is 4. The summed E-state index contributed by atoms with van der Waals surface area (Å²) in [6.07, 6.45) is 7.34. The molecule has 2 rings (SSSR count). The van der Waals surface area contributed by atoms with Gasteiger partial charge in [-0.25, -0.2) is 0 Å². The van der Waals surface area contributed by atoms with Gasteiger partial charge >= 0.3 is 0 Å². The predicted octanol–water partition coefficient (Wildman–Crippen LogP) is 0.0504. The fourth-order valence-electron chi connectivity index (χ4n) is 0.965. The van der Waals surface area contributed by atoms with Gasteiger partial charge in [-0.05, 0) is 0 Å². The van der Waals surface area contributed by atoms with Crippen LogP contribution in [0.5, 0.6) is 0 Å². The zero-order valence-electron chi connectivity index (χ0n) is 5.65. The van der Waals surface area contributed by atoms with Gasteiger partial charge in [-0.1, -0.05) is 0 Å². The van der Waals surface area contributed by atoms with Crippen LogP contribution < -0.4 is 5.43 Å². The van der Waals surface area contributed by atoms with Gasteiger partial charge in [-0.2, -0.15) is 0 Å². The third-order valence-corrected chi connectivity index (χ3v) is 1.49. The molecule has 0 aromatic heterocycles. The molecule has 0 aliphatic carbocycles. The van der Waals surface area contributed by atoms with Crippen molar-refractivity contribution in [2.45, 2.75) is 0 Å². The van der Waals surface area contributed by atoms with Crippen LogP contribution >= 0.6 is 0 Å². The lowest BCUT2D eigenvalue weighted by molar-refractivity contribution is 0.0810. The molecule has 0 aromatic rings. The number of nitrogens with zero attached hydrogens (tertiary/aromatic N) is 3. The first-order valence-electron chi connectivity index (χ1n) is 3.07. The van der Waals surface area contributed by atoms with Crippen LogP contribution in [0.2, 0.25) is 0 Å². The standard InChI is InChI=1S/C6H8N4/c1-9-8-5-6-4-7-2-3-10(6)9/h2-5,8H,1H3. The molecule has 2 aliphatic heterocycles. The molecule has 2 heterocycles. The first kappa shape index (κ1) is 5.49. The second-order valence-electron chi connectivity index (χ2n) is 2.14. The Balaban J connectivity index is 2.30. The van der Waals surface area contributed by atoms with Gasteiger partial charge in [0.05, 0.1) is 11.9 Å². The predicted molar refractivity (Wildman–Crippen MR) is 38.5 cm³/mol. The Morgan fingerprint density at radius 2 is 2.50 bits per heavy atom. The van der Waals surface area contributed by atoms with E-state index in [2.05, 4.69) is 10.4 Å². The van der Waals surface area contributed by atoms with Crippen LogP contribution in [0.25, 0.3) is 0 Å². The van der Waals surface area contributed by atoms with E-state index in [1.165, 1.54) is 0 Å². The molecule has 0 saturated carbocycles. The molecular weight excluding hydrogens is 128 g/mol. The van der Waals surface area contributed by atoms with Crippen LogP contribution in [-0.2, 0) is 0 Å². The van der Waals surface area contributed by atoms with Crippen molar-refractivity contribution < 1.29 is 0 Å². The van der Waals surface area contributed by atoms with Crippen LogP contribution in [-0.4, -0.2) is 23.4 Å². The van der Waals surface area contributed by atoms with Crippen LogP contribution in [0.4, 0.5) is 0 Å². The Morgan fingerprint density at radius 3 is 3.30 bits per heavy atom. The molecule has 0 unspecified atom stereocenters. The van der Waals surface area contributed by atoms with Crippen molar-refractivity contribution in [3.63, 3.8) is 0 Å². The van der Waals surface area contributed by atoms with E-state index in [1.807, 2.05) is 29.6 Å². The summed E-state index contributed by atoms with van der Waals surface area (Å²) in [5.41, 5.74) is 4.08. The Morgan fingerprint density at radius 1 is 1.60 bits per heavy atom. The smallest absolute Gasteiger partial charge is 0.0945 e. The van der Waals surface area contributed by atoms with Crippen molar-refractivity contribution in [1.82, 2.24) is 15.6 Å². The van der Waals surface area contributed by atoms with Gasteiger partial charge in [0.1, 0.15) is 0 Å². The SMILES string of the molecule is CN1NC=C2C=NC=CN21. The lowest BCUT2D eigenvalue weighted by atomic mass is 10.4. The van der Waals surface area contributed by atoms with E-state index in [-0.39, 0.29) is 0 Å². The second kappa shape index (κ2) is 1.85. The largest absolute Gasteiger partial charge is 0.306 e. The highest BCUT2D eigenvalue weighted by Gasteiger charge is 2.17. The van der Waals surface area contributed by atoms with E-state index in [9.17, 15) is 0 Å². The van der Waals surface area contributed by atoms with Gasteiger partial charge in [-0.15, -0.1) is 5.12 Å². The van der Waals surface area contributed by atoms with E-state index in [0.29, 0.717) is 0 Å².